The monoisotopic (exact) mass is 694 g/mol. The van der Waals surface area contributed by atoms with Crippen LogP contribution in [-0.2, 0) is 21.6 Å². The van der Waals surface area contributed by atoms with Crippen molar-refractivity contribution in [3.8, 4) is 16.8 Å². The lowest BCUT2D eigenvalue weighted by Gasteiger charge is -2.13. The number of sulfone groups is 1. The largest absolute Gasteiger partial charge is 0.275 e. The third-order valence-corrected chi connectivity index (χ3v) is 8.10. The maximum Gasteiger partial charge on any atom is 0.275 e. The van der Waals surface area contributed by atoms with Gasteiger partial charge in [0.2, 0.25) is 0 Å². The van der Waals surface area contributed by atoms with Crippen molar-refractivity contribution in [1.29, 1.82) is 0 Å². The predicted molar refractivity (Wildman–Crippen MR) is 156 cm³/mol. The Kier molecular flexibility index (Phi) is 10.1. The molecule has 228 valence electrons. The number of hydrogen-bond acceptors (Lipinski definition) is 4. The van der Waals surface area contributed by atoms with Crippen molar-refractivity contribution in [2.45, 2.75) is 16.6 Å². The first-order chi connectivity index (χ1) is 20.8. The Morgan fingerprint density at radius 3 is 1.75 bits per heavy atom. The summed E-state index contributed by atoms with van der Waals surface area (Å²) in [5, 5.41) is 4.61. The molecule has 1 aromatic heterocycles. The number of alkyl halides is 1. The first-order valence-electron chi connectivity index (χ1n) is 12.6. The van der Waals surface area contributed by atoms with E-state index < -0.39 is 50.3 Å². The van der Waals surface area contributed by atoms with E-state index in [1.54, 1.807) is 0 Å². The van der Waals surface area contributed by atoms with Crippen molar-refractivity contribution >= 4 is 25.8 Å². The number of aromatic nitrogens is 2. The number of halogens is 7. The Morgan fingerprint density at radius 1 is 0.705 bits per heavy atom. The third-order valence-electron chi connectivity index (χ3n) is 6.32. The number of rotatable bonds is 6. The van der Waals surface area contributed by atoms with Crippen molar-refractivity contribution < 1.29 is 34.8 Å². The molecule has 5 nitrogen and oxygen atoms in total. The Morgan fingerprint density at radius 2 is 1.23 bits per heavy atom. The van der Waals surface area contributed by atoms with Crippen LogP contribution in [-0.4, -0.2) is 24.5 Å². The molecule has 0 aliphatic rings. The Labute approximate surface area is 256 Å². The van der Waals surface area contributed by atoms with Crippen LogP contribution >= 0.6 is 15.9 Å². The predicted octanol–water partition coefficient (Wildman–Crippen LogP) is 7.31. The molecule has 0 aliphatic carbocycles. The fourth-order valence-corrected chi connectivity index (χ4v) is 5.05. The van der Waals surface area contributed by atoms with Gasteiger partial charge in [-0.3, -0.25) is 4.79 Å². The summed E-state index contributed by atoms with van der Waals surface area (Å²) in [6.45, 7) is 0. The lowest BCUT2D eigenvalue weighted by atomic mass is 9.97. The molecule has 0 aliphatic heterocycles. The van der Waals surface area contributed by atoms with Crippen LogP contribution in [0.2, 0.25) is 0 Å². The molecule has 13 heteroatoms. The van der Waals surface area contributed by atoms with Gasteiger partial charge in [0, 0.05) is 35.2 Å². The lowest BCUT2D eigenvalue weighted by molar-refractivity contribution is 0.507. The summed E-state index contributed by atoms with van der Waals surface area (Å²) in [4.78, 5) is 13.4. The van der Waals surface area contributed by atoms with Crippen molar-refractivity contribution in [3.63, 3.8) is 0 Å². The van der Waals surface area contributed by atoms with Crippen molar-refractivity contribution in [1.82, 2.24) is 9.78 Å². The molecule has 0 spiro atoms. The van der Waals surface area contributed by atoms with E-state index in [1.807, 2.05) is 0 Å². The zero-order valence-corrected chi connectivity index (χ0v) is 25.1. The Balaban J connectivity index is 0.000000375. The zero-order chi connectivity index (χ0) is 32.2. The van der Waals surface area contributed by atoms with Gasteiger partial charge < -0.3 is 0 Å². The Hall–Kier alpha value is -4.23. The van der Waals surface area contributed by atoms with Gasteiger partial charge in [-0.25, -0.2) is 34.8 Å². The number of nitrogens with zero attached hydrogens (tertiary/aromatic N) is 2. The average molecular weight is 695 g/mol. The summed E-state index contributed by atoms with van der Waals surface area (Å²) < 4.78 is 103. The highest BCUT2D eigenvalue weighted by atomic mass is 79.9. The highest BCUT2D eigenvalue weighted by molar-refractivity contribution is 9.08. The minimum absolute atomic E-state index is 0.0330. The molecule has 0 atom stereocenters. The van der Waals surface area contributed by atoms with E-state index >= 15 is 0 Å². The third kappa shape index (κ3) is 7.64. The van der Waals surface area contributed by atoms with E-state index in [0.29, 0.717) is 16.5 Å². The van der Waals surface area contributed by atoms with Crippen molar-refractivity contribution in [2.24, 2.45) is 0 Å². The second-order valence-electron chi connectivity index (χ2n) is 9.46. The SMILES string of the molecule is CS(=O)(=O)c1ccc(-c2cnn(-c3ccc(F)c(F)c3)c(=O)c2Cc2ccc(F)c(F)c2)cc1.Fc1ccc(CBr)cc1F. The first-order valence-corrected chi connectivity index (χ1v) is 15.6. The molecule has 1 heterocycles. The molecule has 0 unspecified atom stereocenters. The van der Waals surface area contributed by atoms with Crippen LogP contribution in [0, 0.1) is 34.9 Å². The van der Waals surface area contributed by atoms with Crippen LogP contribution in [0.1, 0.15) is 16.7 Å². The fraction of sp³-hybridized carbons (Fsp3) is 0.0968. The molecule has 0 N–H and O–H groups in total. The van der Waals surface area contributed by atoms with Gasteiger partial charge in [0.25, 0.3) is 5.56 Å². The zero-order valence-electron chi connectivity index (χ0n) is 22.7. The highest BCUT2D eigenvalue weighted by Gasteiger charge is 2.18. The number of benzene rings is 4. The normalized spacial score (nSPS) is 11.2. The molecule has 0 saturated carbocycles. The minimum Gasteiger partial charge on any atom is -0.267 e. The molecule has 4 aromatic carbocycles. The number of hydrogen-bond donors (Lipinski definition) is 0. The molecule has 0 fully saturated rings. The summed E-state index contributed by atoms with van der Waals surface area (Å²) in [6, 6.07) is 15.6. The molecule has 0 amide bonds. The minimum atomic E-state index is -3.45. The van der Waals surface area contributed by atoms with Gasteiger partial charge >= 0.3 is 0 Å². The van der Waals surface area contributed by atoms with Gasteiger partial charge in [-0.15, -0.1) is 0 Å². The van der Waals surface area contributed by atoms with E-state index in [4.69, 9.17) is 0 Å². The molecule has 5 rings (SSSR count). The van der Waals surface area contributed by atoms with Gasteiger partial charge in [0.1, 0.15) is 0 Å². The maximum absolute atomic E-state index is 13.8. The summed E-state index contributed by atoms with van der Waals surface area (Å²) >= 11 is 3.13. The summed E-state index contributed by atoms with van der Waals surface area (Å²) in [6.07, 6.45) is 2.24. The van der Waals surface area contributed by atoms with Crippen LogP contribution in [0.15, 0.2) is 94.7 Å². The molecule has 0 bridgehead atoms. The van der Waals surface area contributed by atoms with Crippen LogP contribution in [0.3, 0.4) is 0 Å². The molecule has 0 saturated heterocycles. The molecule has 0 radical (unpaired) electrons. The maximum atomic E-state index is 13.8. The average Bonchev–Trinajstić information content (AvgIpc) is 2.99. The summed E-state index contributed by atoms with van der Waals surface area (Å²) in [7, 11) is -3.45. The summed E-state index contributed by atoms with van der Waals surface area (Å²) in [5.41, 5.74) is 1.17. The van der Waals surface area contributed by atoms with E-state index in [0.717, 1.165) is 46.8 Å². The molecule has 44 heavy (non-hydrogen) atoms. The van der Waals surface area contributed by atoms with Gasteiger partial charge in [0.15, 0.2) is 44.7 Å². The van der Waals surface area contributed by atoms with Crippen LogP contribution in [0.4, 0.5) is 26.3 Å². The highest BCUT2D eigenvalue weighted by Crippen LogP contribution is 2.26. The topological polar surface area (TPSA) is 69.0 Å². The quantitative estimate of drug-likeness (QED) is 0.138. The smallest absolute Gasteiger partial charge is 0.267 e. The Bertz CT molecular complexity index is 2000. The van der Waals surface area contributed by atoms with Crippen LogP contribution < -0.4 is 5.56 Å². The summed E-state index contributed by atoms with van der Waals surface area (Å²) in [5.74, 6) is -6.00. The van der Waals surface area contributed by atoms with E-state index in [9.17, 15) is 39.6 Å². The standard InChI is InChI=1S/C24H16F4N2O3S.C7H5BrF2/c1-34(32,33)17-6-3-15(4-7-17)19-13-29-30(16-5-9-21(26)23(28)12-16)24(31)18(19)10-14-2-8-20(25)22(27)11-14;8-4-5-1-2-6(9)7(10)3-5/h2-9,11-13H,10H2,1H3;1-3H,4H2. The fourth-order valence-electron chi connectivity index (χ4n) is 4.07. The second-order valence-corrected chi connectivity index (χ2v) is 12.0. The van der Waals surface area contributed by atoms with Crippen LogP contribution in [0.5, 0.6) is 0 Å². The second kappa shape index (κ2) is 13.6. The van der Waals surface area contributed by atoms with Crippen molar-refractivity contribution in [3.05, 3.63) is 147 Å². The molecular weight excluding hydrogens is 674 g/mol. The van der Waals surface area contributed by atoms with Gasteiger partial charge in [-0.2, -0.15) is 9.78 Å². The van der Waals surface area contributed by atoms with Gasteiger partial charge in [-0.05, 0) is 65.2 Å². The van der Waals surface area contributed by atoms with E-state index in [-0.39, 0.29) is 28.1 Å². The lowest BCUT2D eigenvalue weighted by Crippen LogP contribution is -2.26. The first kappa shape index (κ1) is 32.7. The van der Waals surface area contributed by atoms with Gasteiger partial charge in [0.05, 0.1) is 16.8 Å². The van der Waals surface area contributed by atoms with Gasteiger partial charge in [-0.1, -0.05) is 40.2 Å². The molecule has 5 aromatic rings. The van der Waals surface area contributed by atoms with Crippen LogP contribution in [0.25, 0.3) is 16.8 Å². The van der Waals surface area contributed by atoms with E-state index in [1.165, 1.54) is 54.7 Å². The van der Waals surface area contributed by atoms with E-state index in [2.05, 4.69) is 21.0 Å². The van der Waals surface area contributed by atoms with Crippen molar-refractivity contribution in [2.75, 3.05) is 6.26 Å². The molecular formula is C31H21BrF6N2O3S.